The fourth-order valence-electron chi connectivity index (χ4n) is 4.10. The Morgan fingerprint density at radius 3 is 2.39 bits per heavy atom. The summed E-state index contributed by atoms with van der Waals surface area (Å²) in [5.74, 6) is -1.46. The number of fused-ring (bicyclic) bond motifs is 1. The third-order valence-electron chi connectivity index (χ3n) is 5.61. The van der Waals surface area contributed by atoms with Gasteiger partial charge in [0.25, 0.3) is 11.7 Å². The topological polar surface area (TPSA) is 57.6 Å². The number of Topliss-reactive ketones (excluding diaryl/α,β-unsaturated/α-hetero) is 1. The van der Waals surface area contributed by atoms with Crippen LogP contribution in [0, 0.1) is 6.92 Å². The second kappa shape index (κ2) is 7.52. The lowest BCUT2D eigenvalue weighted by molar-refractivity contribution is -0.132. The van der Waals surface area contributed by atoms with Crippen molar-refractivity contribution in [1.29, 1.82) is 0 Å². The molecule has 1 atom stereocenters. The van der Waals surface area contributed by atoms with Gasteiger partial charge in [-0.25, -0.2) is 0 Å². The van der Waals surface area contributed by atoms with Crippen LogP contribution in [-0.2, 0) is 9.59 Å². The Morgan fingerprint density at radius 2 is 1.65 bits per heavy atom. The highest BCUT2D eigenvalue weighted by Crippen LogP contribution is 2.44. The number of carbonyl (C=O) groups excluding carboxylic acids is 2. The van der Waals surface area contributed by atoms with Crippen molar-refractivity contribution in [2.24, 2.45) is 0 Å². The quantitative estimate of drug-likeness (QED) is 0.255. The molecule has 1 aliphatic heterocycles. The Kier molecular flexibility index (Phi) is 4.68. The fraction of sp³-hybridized carbons (Fsp3) is 0.0769. The number of benzene rings is 3. The molecule has 1 aromatic heterocycles. The average Bonchev–Trinajstić information content (AvgIpc) is 3.41. The number of hydrogen-bond donors (Lipinski definition) is 1. The molecule has 0 spiro atoms. The average molecular weight is 426 g/mol. The zero-order valence-corrected chi connectivity index (χ0v) is 17.6. The van der Waals surface area contributed by atoms with E-state index in [1.165, 1.54) is 16.2 Å². The molecule has 1 aliphatic rings. The molecule has 0 radical (unpaired) electrons. The first-order valence-corrected chi connectivity index (χ1v) is 10.8. The summed E-state index contributed by atoms with van der Waals surface area (Å²) >= 11 is 1.45. The van der Waals surface area contributed by atoms with E-state index in [2.05, 4.69) is 0 Å². The van der Waals surface area contributed by atoms with E-state index in [0.29, 0.717) is 11.3 Å². The van der Waals surface area contributed by atoms with Crippen LogP contribution in [0.15, 0.2) is 89.8 Å². The molecule has 5 heteroatoms. The van der Waals surface area contributed by atoms with Crippen molar-refractivity contribution < 1.29 is 14.7 Å². The van der Waals surface area contributed by atoms with Crippen LogP contribution in [0.5, 0.6) is 0 Å². The monoisotopic (exact) mass is 425 g/mol. The van der Waals surface area contributed by atoms with Gasteiger partial charge in [0.2, 0.25) is 0 Å². The number of amides is 1. The molecule has 0 bridgehead atoms. The van der Waals surface area contributed by atoms with Gasteiger partial charge in [0.1, 0.15) is 11.8 Å². The van der Waals surface area contributed by atoms with Gasteiger partial charge in [0, 0.05) is 16.1 Å². The highest BCUT2D eigenvalue weighted by molar-refractivity contribution is 7.10. The van der Waals surface area contributed by atoms with Crippen LogP contribution < -0.4 is 4.90 Å². The first-order chi connectivity index (χ1) is 15.1. The third-order valence-corrected chi connectivity index (χ3v) is 6.54. The summed E-state index contributed by atoms with van der Waals surface area (Å²) in [4.78, 5) is 28.7. The van der Waals surface area contributed by atoms with Crippen LogP contribution in [0.3, 0.4) is 0 Å². The van der Waals surface area contributed by atoms with Crippen molar-refractivity contribution in [3.63, 3.8) is 0 Å². The summed E-state index contributed by atoms with van der Waals surface area (Å²) in [6.07, 6.45) is 0. The van der Waals surface area contributed by atoms with Gasteiger partial charge in [-0.1, -0.05) is 66.2 Å². The standard InChI is InChI=1S/C26H19NO3S/c1-16-11-13-18(14-12-16)27-23(21-10-5-15-31-21)22(25(29)26(27)30)24(28)20-9-4-7-17-6-2-3-8-19(17)20/h2-15,23,28H,1H3/b24-22-. The van der Waals surface area contributed by atoms with Crippen molar-refractivity contribution in [1.82, 2.24) is 0 Å². The van der Waals surface area contributed by atoms with Crippen molar-refractivity contribution in [3.05, 3.63) is 106 Å². The lowest BCUT2D eigenvalue weighted by Crippen LogP contribution is -2.29. The minimum atomic E-state index is -0.679. The summed E-state index contributed by atoms with van der Waals surface area (Å²) < 4.78 is 0. The van der Waals surface area contributed by atoms with Gasteiger partial charge in [0.05, 0.1) is 5.57 Å². The van der Waals surface area contributed by atoms with Crippen molar-refractivity contribution in [2.45, 2.75) is 13.0 Å². The predicted octanol–water partition coefficient (Wildman–Crippen LogP) is 5.84. The van der Waals surface area contributed by atoms with Crippen molar-refractivity contribution >= 4 is 45.2 Å². The highest BCUT2D eigenvalue weighted by Gasteiger charge is 2.47. The summed E-state index contributed by atoms with van der Waals surface area (Å²) in [5, 5.41) is 15.1. The molecule has 1 unspecified atom stereocenters. The van der Waals surface area contributed by atoms with E-state index in [9.17, 15) is 14.7 Å². The molecule has 152 valence electrons. The maximum atomic E-state index is 13.2. The first kappa shape index (κ1) is 19.3. The van der Waals surface area contributed by atoms with E-state index in [1.807, 2.05) is 85.1 Å². The van der Waals surface area contributed by atoms with Gasteiger partial charge in [-0.2, -0.15) is 0 Å². The minimum absolute atomic E-state index is 0.115. The Bertz CT molecular complexity index is 1330. The van der Waals surface area contributed by atoms with Gasteiger partial charge in [-0.05, 0) is 41.3 Å². The number of nitrogens with zero attached hydrogens (tertiary/aromatic N) is 1. The highest BCUT2D eigenvalue weighted by atomic mass is 32.1. The van der Waals surface area contributed by atoms with Crippen LogP contribution in [0.1, 0.15) is 22.0 Å². The SMILES string of the molecule is Cc1ccc(N2C(=O)C(=O)/C(=C(\O)c3cccc4ccccc34)C2c2cccs2)cc1. The van der Waals surface area contributed by atoms with E-state index in [0.717, 1.165) is 21.2 Å². The molecule has 5 rings (SSSR count). The number of rotatable bonds is 3. The van der Waals surface area contributed by atoms with E-state index in [4.69, 9.17) is 0 Å². The van der Waals surface area contributed by atoms with Crippen LogP contribution in [-0.4, -0.2) is 16.8 Å². The van der Waals surface area contributed by atoms with E-state index in [-0.39, 0.29) is 11.3 Å². The van der Waals surface area contributed by atoms with Gasteiger partial charge < -0.3 is 5.11 Å². The minimum Gasteiger partial charge on any atom is -0.507 e. The lowest BCUT2D eigenvalue weighted by Gasteiger charge is -2.24. The maximum Gasteiger partial charge on any atom is 0.300 e. The largest absolute Gasteiger partial charge is 0.507 e. The van der Waals surface area contributed by atoms with Gasteiger partial charge in [0.15, 0.2) is 0 Å². The zero-order chi connectivity index (χ0) is 21.5. The number of ketones is 1. The van der Waals surface area contributed by atoms with Crippen LogP contribution >= 0.6 is 11.3 Å². The van der Waals surface area contributed by atoms with Gasteiger partial charge in [-0.15, -0.1) is 11.3 Å². The molecular formula is C26H19NO3S. The number of hydrogen-bond acceptors (Lipinski definition) is 4. The number of aliphatic hydroxyl groups is 1. The summed E-state index contributed by atoms with van der Waals surface area (Å²) in [5.41, 5.74) is 2.35. The van der Waals surface area contributed by atoms with E-state index < -0.39 is 17.7 Å². The summed E-state index contributed by atoms with van der Waals surface area (Å²) in [7, 11) is 0. The van der Waals surface area contributed by atoms with Crippen LogP contribution in [0.4, 0.5) is 5.69 Å². The van der Waals surface area contributed by atoms with Crippen molar-refractivity contribution in [3.8, 4) is 0 Å². The van der Waals surface area contributed by atoms with Crippen LogP contribution in [0.2, 0.25) is 0 Å². The Balaban J connectivity index is 1.76. The summed E-state index contributed by atoms with van der Waals surface area (Å²) in [6.45, 7) is 1.97. The lowest BCUT2D eigenvalue weighted by atomic mass is 9.96. The number of thiophene rings is 1. The molecule has 1 amide bonds. The van der Waals surface area contributed by atoms with E-state index >= 15 is 0 Å². The fourth-order valence-corrected chi connectivity index (χ4v) is 4.92. The van der Waals surface area contributed by atoms with Gasteiger partial charge in [-0.3, -0.25) is 14.5 Å². The first-order valence-electron chi connectivity index (χ1n) is 9.95. The zero-order valence-electron chi connectivity index (χ0n) is 16.8. The van der Waals surface area contributed by atoms with Crippen LogP contribution in [0.25, 0.3) is 16.5 Å². The third kappa shape index (κ3) is 3.14. The normalized spacial score (nSPS) is 18.1. The smallest absolute Gasteiger partial charge is 0.300 e. The van der Waals surface area contributed by atoms with Crippen molar-refractivity contribution in [2.75, 3.05) is 4.90 Å². The number of anilines is 1. The molecule has 1 saturated heterocycles. The van der Waals surface area contributed by atoms with E-state index in [1.54, 1.807) is 6.07 Å². The number of aliphatic hydroxyl groups excluding tert-OH is 1. The molecule has 1 fully saturated rings. The molecular weight excluding hydrogens is 406 g/mol. The Morgan fingerprint density at radius 1 is 0.903 bits per heavy atom. The summed E-state index contributed by atoms with van der Waals surface area (Å²) in [6, 6.07) is 23.8. The molecule has 3 aromatic carbocycles. The second-order valence-corrected chi connectivity index (χ2v) is 8.53. The second-order valence-electron chi connectivity index (χ2n) is 7.55. The molecule has 0 saturated carbocycles. The predicted molar refractivity (Wildman–Crippen MR) is 124 cm³/mol. The Hall–Kier alpha value is -3.70. The molecule has 1 N–H and O–H groups in total. The maximum absolute atomic E-state index is 13.2. The number of aryl methyl sites for hydroxylation is 1. The van der Waals surface area contributed by atoms with Gasteiger partial charge >= 0.3 is 0 Å². The number of carbonyl (C=O) groups is 2. The molecule has 4 nitrogen and oxygen atoms in total. The Labute approximate surface area is 183 Å². The molecule has 2 heterocycles. The molecule has 31 heavy (non-hydrogen) atoms. The molecule has 4 aromatic rings. The molecule has 0 aliphatic carbocycles.